The zero-order valence-electron chi connectivity index (χ0n) is 27.0. The highest BCUT2D eigenvalue weighted by Gasteiger charge is 2.71. The lowest BCUT2D eigenvalue weighted by Crippen LogP contribution is -2.66. The number of carbonyl (C=O) groups is 2. The first-order valence-electron chi connectivity index (χ1n) is 16.4. The molecule has 0 saturated heterocycles. The van der Waals surface area contributed by atoms with Gasteiger partial charge in [0, 0.05) is 5.41 Å². The summed E-state index contributed by atoms with van der Waals surface area (Å²) in [7, 11) is 0. The van der Waals surface area contributed by atoms with Crippen molar-refractivity contribution in [2.45, 2.75) is 133 Å². The SMILES string of the molecule is CCCCOC(=O)[C@]12CCC(C)(C)C[C@H]1C1=C(C)CC3[C@@]4(C)CC(C#N)C(=O)C(C)(C)[C@@H]4CC[C@@]3(C)[C@]1(C)CC2. The van der Waals surface area contributed by atoms with Crippen LogP contribution in [-0.2, 0) is 14.3 Å². The van der Waals surface area contributed by atoms with Crippen molar-refractivity contribution in [1.29, 1.82) is 5.26 Å². The quantitative estimate of drug-likeness (QED) is 0.200. The van der Waals surface area contributed by atoms with Gasteiger partial charge in [0.15, 0.2) is 5.78 Å². The Morgan fingerprint density at radius 2 is 1.65 bits per heavy atom. The van der Waals surface area contributed by atoms with Crippen LogP contribution in [0.25, 0.3) is 0 Å². The van der Waals surface area contributed by atoms with Crippen molar-refractivity contribution < 1.29 is 14.3 Å². The molecule has 0 aromatic heterocycles. The van der Waals surface area contributed by atoms with Crippen molar-refractivity contribution >= 4 is 11.8 Å². The molecule has 0 aliphatic heterocycles. The second-order valence-corrected chi connectivity index (χ2v) is 16.8. The number of rotatable bonds is 4. The molecular weight excluding hydrogens is 494 g/mol. The molecule has 0 heterocycles. The minimum absolute atomic E-state index is 0.00695. The van der Waals surface area contributed by atoms with E-state index in [2.05, 4.69) is 68.4 Å². The number of fused-ring (bicyclic) bond motifs is 7. The molecule has 0 radical (unpaired) electrons. The van der Waals surface area contributed by atoms with E-state index in [0.29, 0.717) is 24.9 Å². The number of ether oxygens (including phenoxy) is 1. The van der Waals surface area contributed by atoms with E-state index >= 15 is 0 Å². The number of Topliss-reactive ketones (excluding diaryl/α,β-unsaturated/α-hetero) is 1. The number of unbranched alkanes of at least 4 members (excludes halogenated alkanes) is 1. The van der Waals surface area contributed by atoms with Gasteiger partial charge in [-0.1, -0.05) is 73.0 Å². The Bertz CT molecular complexity index is 1160. The van der Waals surface area contributed by atoms with Gasteiger partial charge < -0.3 is 4.74 Å². The first-order chi connectivity index (χ1) is 18.5. The van der Waals surface area contributed by atoms with Crippen molar-refractivity contribution in [1.82, 2.24) is 0 Å². The zero-order valence-corrected chi connectivity index (χ0v) is 27.0. The van der Waals surface area contributed by atoms with Crippen LogP contribution in [0, 0.1) is 67.5 Å². The molecule has 0 aromatic rings. The Kier molecular flexibility index (Phi) is 7.04. The van der Waals surface area contributed by atoms with Crippen LogP contribution in [0.4, 0.5) is 0 Å². The molecule has 4 nitrogen and oxygen atoms in total. The number of nitriles is 1. The highest BCUT2D eigenvalue weighted by molar-refractivity contribution is 5.89. The highest BCUT2D eigenvalue weighted by atomic mass is 16.5. The molecule has 0 N–H and O–H groups in total. The number of carbonyl (C=O) groups excluding carboxylic acids is 2. The molecule has 0 spiro atoms. The van der Waals surface area contributed by atoms with Gasteiger partial charge in [0.25, 0.3) is 0 Å². The molecule has 40 heavy (non-hydrogen) atoms. The van der Waals surface area contributed by atoms with Crippen LogP contribution in [0.3, 0.4) is 0 Å². The van der Waals surface area contributed by atoms with Crippen molar-refractivity contribution in [3.8, 4) is 6.07 Å². The smallest absolute Gasteiger partial charge is 0.312 e. The molecule has 8 atom stereocenters. The van der Waals surface area contributed by atoms with Crippen molar-refractivity contribution in [3.05, 3.63) is 11.1 Å². The summed E-state index contributed by atoms with van der Waals surface area (Å²) in [6.07, 6.45) is 10.8. The van der Waals surface area contributed by atoms with E-state index in [1.807, 2.05) is 0 Å². The fourth-order valence-electron chi connectivity index (χ4n) is 11.6. The molecule has 0 aromatic carbocycles. The van der Waals surface area contributed by atoms with Gasteiger partial charge in [0.2, 0.25) is 0 Å². The van der Waals surface area contributed by atoms with Gasteiger partial charge in [-0.05, 0) is 111 Å². The molecule has 4 heteroatoms. The summed E-state index contributed by atoms with van der Waals surface area (Å²) in [6.45, 7) is 21.6. The van der Waals surface area contributed by atoms with Crippen LogP contribution in [0.5, 0.6) is 0 Å². The predicted molar refractivity (Wildman–Crippen MR) is 159 cm³/mol. The predicted octanol–water partition coefficient (Wildman–Crippen LogP) is 8.84. The van der Waals surface area contributed by atoms with E-state index in [9.17, 15) is 14.9 Å². The molecule has 2 unspecified atom stereocenters. The zero-order chi connectivity index (χ0) is 29.5. The second kappa shape index (κ2) is 9.44. The molecule has 0 amide bonds. The van der Waals surface area contributed by atoms with Gasteiger partial charge in [-0.3, -0.25) is 9.59 Å². The Morgan fingerprint density at radius 3 is 2.30 bits per heavy atom. The summed E-state index contributed by atoms with van der Waals surface area (Å²) in [4.78, 5) is 27.4. The molecule has 4 saturated carbocycles. The molecular formula is C36H55NO3. The van der Waals surface area contributed by atoms with Crippen molar-refractivity contribution in [2.75, 3.05) is 6.61 Å². The fraction of sp³-hybridized carbons (Fsp3) is 0.861. The van der Waals surface area contributed by atoms with Crippen LogP contribution in [0.1, 0.15) is 133 Å². The number of esters is 1. The molecule has 4 fully saturated rings. The van der Waals surface area contributed by atoms with E-state index in [1.165, 1.54) is 5.57 Å². The van der Waals surface area contributed by atoms with Crippen molar-refractivity contribution in [2.24, 2.45) is 56.2 Å². The number of hydrogen-bond donors (Lipinski definition) is 0. The van der Waals surface area contributed by atoms with E-state index in [-0.39, 0.29) is 39.3 Å². The summed E-state index contributed by atoms with van der Waals surface area (Å²) in [5.74, 6) is 0.687. The van der Waals surface area contributed by atoms with Gasteiger partial charge in [-0.2, -0.15) is 5.26 Å². The molecule has 5 aliphatic carbocycles. The van der Waals surface area contributed by atoms with Gasteiger partial charge in [-0.15, -0.1) is 0 Å². The first-order valence-corrected chi connectivity index (χ1v) is 16.4. The monoisotopic (exact) mass is 549 g/mol. The lowest BCUT2D eigenvalue weighted by Gasteiger charge is -2.71. The Hall–Kier alpha value is -1.63. The average Bonchev–Trinajstić information content (AvgIpc) is 2.87. The van der Waals surface area contributed by atoms with E-state index < -0.39 is 16.7 Å². The lowest BCUT2D eigenvalue weighted by atomic mass is 9.32. The van der Waals surface area contributed by atoms with Gasteiger partial charge >= 0.3 is 5.97 Å². The van der Waals surface area contributed by atoms with Crippen molar-refractivity contribution in [3.63, 3.8) is 0 Å². The second-order valence-electron chi connectivity index (χ2n) is 16.8. The fourth-order valence-corrected chi connectivity index (χ4v) is 11.6. The number of nitrogens with zero attached hydrogens (tertiary/aromatic N) is 1. The largest absolute Gasteiger partial charge is 0.465 e. The molecule has 222 valence electrons. The highest BCUT2D eigenvalue weighted by Crippen LogP contribution is 2.76. The van der Waals surface area contributed by atoms with E-state index in [0.717, 1.165) is 64.2 Å². The van der Waals surface area contributed by atoms with Crippen LogP contribution < -0.4 is 0 Å². The van der Waals surface area contributed by atoms with Gasteiger partial charge in [0.05, 0.1) is 18.1 Å². The Morgan fingerprint density at radius 1 is 0.975 bits per heavy atom. The summed E-state index contributed by atoms with van der Waals surface area (Å²) in [5, 5.41) is 10.1. The maximum Gasteiger partial charge on any atom is 0.312 e. The van der Waals surface area contributed by atoms with Crippen LogP contribution >= 0.6 is 0 Å². The third-order valence-electron chi connectivity index (χ3n) is 14.0. The lowest BCUT2D eigenvalue weighted by molar-refractivity contribution is -0.195. The Balaban J connectivity index is 1.61. The number of ketones is 1. The number of allylic oxidation sites excluding steroid dienone is 2. The minimum atomic E-state index is -0.506. The summed E-state index contributed by atoms with van der Waals surface area (Å²) in [5.41, 5.74) is 2.44. The maximum absolute atomic E-state index is 14.0. The van der Waals surface area contributed by atoms with Crippen LogP contribution in [0.2, 0.25) is 0 Å². The summed E-state index contributed by atoms with van der Waals surface area (Å²) >= 11 is 0. The standard InChI is InChI=1S/C36H55NO3/c1-10-11-18-40-30(39)36-16-14-31(3,4)21-25(36)28-23(2)19-27-33(7)20-24(22-37)29(38)32(5,6)26(33)12-13-34(27,8)35(28,9)15-17-36/h24-27H,10-21H2,1-9H3/t24?,25-,26-,27?,33-,34+,35+,36-/m0/s1. The molecule has 0 bridgehead atoms. The summed E-state index contributed by atoms with van der Waals surface area (Å²) in [6, 6.07) is 2.42. The first kappa shape index (κ1) is 29.8. The molecule has 5 rings (SSSR count). The maximum atomic E-state index is 14.0. The third kappa shape index (κ3) is 3.87. The van der Waals surface area contributed by atoms with E-state index in [1.54, 1.807) is 5.57 Å². The third-order valence-corrected chi connectivity index (χ3v) is 14.0. The topological polar surface area (TPSA) is 67.2 Å². The van der Waals surface area contributed by atoms with Gasteiger partial charge in [0.1, 0.15) is 5.92 Å². The average molecular weight is 550 g/mol. The van der Waals surface area contributed by atoms with Crippen LogP contribution in [-0.4, -0.2) is 18.4 Å². The summed E-state index contributed by atoms with van der Waals surface area (Å²) < 4.78 is 6.05. The minimum Gasteiger partial charge on any atom is -0.465 e. The molecule has 5 aliphatic rings. The van der Waals surface area contributed by atoms with Crippen LogP contribution in [0.15, 0.2) is 11.1 Å². The van der Waals surface area contributed by atoms with Gasteiger partial charge in [-0.25, -0.2) is 0 Å². The van der Waals surface area contributed by atoms with E-state index in [4.69, 9.17) is 4.74 Å². The Labute approximate surface area is 244 Å². The normalized spacial score (nSPS) is 45.4. The number of hydrogen-bond acceptors (Lipinski definition) is 4.